The number of nitrogens with one attached hydrogen (secondary N) is 2. The smallest absolute Gasteiger partial charge is 0.272 e. The molecule has 2 aliphatic rings. The van der Waals surface area contributed by atoms with Gasteiger partial charge in [0.25, 0.3) is 11.8 Å². The number of carbonyl (C=O) groups excluding carboxylic acids is 3. The molecule has 0 unspecified atom stereocenters. The number of fused-ring (bicyclic) bond motifs is 1. The zero-order valence-corrected chi connectivity index (χ0v) is 21.4. The average molecular weight is 498 g/mol. The Morgan fingerprint density at radius 3 is 2.61 bits per heavy atom. The van der Waals surface area contributed by atoms with Crippen LogP contribution in [0, 0.1) is 0 Å². The minimum Gasteiger partial charge on any atom is -0.493 e. The van der Waals surface area contributed by atoms with E-state index in [0.717, 1.165) is 31.2 Å². The molecule has 194 valence electrons. The van der Waals surface area contributed by atoms with Crippen LogP contribution in [0.3, 0.4) is 0 Å². The number of benzene rings is 1. The number of rotatable bonds is 8. The van der Waals surface area contributed by atoms with Gasteiger partial charge in [-0.2, -0.15) is 5.10 Å². The molecule has 1 fully saturated rings. The maximum absolute atomic E-state index is 13.2. The number of hydrogen-bond acceptors (Lipinski definition) is 6. The molecule has 2 aromatic rings. The fraction of sp³-hybridized carbons (Fsp3) is 0.538. The monoisotopic (exact) mass is 497 g/mol. The first kappa shape index (κ1) is 25.5. The predicted octanol–water partition coefficient (Wildman–Crippen LogP) is 2.51. The summed E-state index contributed by atoms with van der Waals surface area (Å²) in [7, 11) is 3.19. The van der Waals surface area contributed by atoms with E-state index >= 15 is 0 Å². The average Bonchev–Trinajstić information content (AvgIpc) is 3.31. The zero-order valence-electron chi connectivity index (χ0n) is 21.4. The van der Waals surface area contributed by atoms with Crippen LogP contribution < -0.4 is 20.1 Å². The van der Waals surface area contributed by atoms with Gasteiger partial charge in [0.15, 0.2) is 17.2 Å². The lowest BCUT2D eigenvalue weighted by molar-refractivity contribution is -0.133. The van der Waals surface area contributed by atoms with E-state index < -0.39 is 11.4 Å². The highest BCUT2D eigenvalue weighted by molar-refractivity contribution is 6.01. The highest BCUT2D eigenvalue weighted by atomic mass is 16.5. The van der Waals surface area contributed by atoms with E-state index in [2.05, 4.69) is 15.7 Å². The summed E-state index contributed by atoms with van der Waals surface area (Å²) < 4.78 is 12.4. The lowest BCUT2D eigenvalue weighted by atomic mass is 9.92. The summed E-state index contributed by atoms with van der Waals surface area (Å²) in [5.74, 6) is 0.274. The number of amides is 3. The van der Waals surface area contributed by atoms with Crippen molar-refractivity contribution in [3.05, 3.63) is 41.2 Å². The van der Waals surface area contributed by atoms with Crippen LogP contribution >= 0.6 is 0 Å². The van der Waals surface area contributed by atoms with Crippen molar-refractivity contribution >= 4 is 17.7 Å². The number of methoxy groups -OCH3 is 1. The Labute approximate surface area is 211 Å². The van der Waals surface area contributed by atoms with Crippen molar-refractivity contribution in [3.63, 3.8) is 0 Å². The van der Waals surface area contributed by atoms with Gasteiger partial charge in [-0.25, -0.2) is 0 Å². The third kappa shape index (κ3) is 5.03. The minimum atomic E-state index is -1.10. The van der Waals surface area contributed by atoms with Gasteiger partial charge in [-0.15, -0.1) is 0 Å². The number of hydrogen-bond donors (Lipinski definition) is 2. The lowest BCUT2D eigenvalue weighted by Crippen LogP contribution is -2.63. The number of nitrogens with zero attached hydrogens (tertiary/aromatic N) is 3. The van der Waals surface area contributed by atoms with Gasteiger partial charge < -0.3 is 25.0 Å². The first-order valence-corrected chi connectivity index (χ1v) is 12.5. The molecule has 1 aliphatic heterocycles. The summed E-state index contributed by atoms with van der Waals surface area (Å²) in [5, 5.41) is 10.3. The van der Waals surface area contributed by atoms with Crippen molar-refractivity contribution in [2.45, 2.75) is 70.6 Å². The van der Waals surface area contributed by atoms with Crippen molar-refractivity contribution in [1.29, 1.82) is 0 Å². The van der Waals surface area contributed by atoms with Gasteiger partial charge in [0.05, 0.1) is 20.3 Å². The summed E-state index contributed by atoms with van der Waals surface area (Å²) in [6.07, 6.45) is 5.30. The summed E-state index contributed by atoms with van der Waals surface area (Å²) in [4.78, 5) is 40.7. The first-order valence-electron chi connectivity index (χ1n) is 12.5. The summed E-state index contributed by atoms with van der Waals surface area (Å²) >= 11 is 0. The molecule has 2 N–H and O–H groups in total. The number of carbonyl (C=O) groups is 3. The molecule has 4 rings (SSSR count). The molecule has 10 nitrogen and oxygen atoms in total. The molecule has 1 aromatic heterocycles. The van der Waals surface area contributed by atoms with Gasteiger partial charge in [-0.3, -0.25) is 19.1 Å². The molecule has 1 atom stereocenters. The SMILES string of the molecule is CCOc1ccc(CNC(=O)c2cc3n(n2)C[C@@](C)(C(=O)NC2CCCCC2)N(C)C3=O)cc1OC. The Kier molecular flexibility index (Phi) is 7.51. The van der Waals surface area contributed by atoms with E-state index in [1.165, 1.54) is 22.1 Å². The van der Waals surface area contributed by atoms with Gasteiger partial charge in [-0.05, 0) is 44.4 Å². The minimum absolute atomic E-state index is 0.126. The molecule has 0 radical (unpaired) electrons. The van der Waals surface area contributed by atoms with E-state index in [4.69, 9.17) is 9.47 Å². The third-order valence-electron chi connectivity index (χ3n) is 7.14. The third-order valence-corrected chi connectivity index (χ3v) is 7.14. The molecule has 10 heteroatoms. The van der Waals surface area contributed by atoms with E-state index in [0.29, 0.717) is 18.1 Å². The van der Waals surface area contributed by atoms with E-state index in [-0.39, 0.29) is 42.3 Å². The molecular weight excluding hydrogens is 462 g/mol. The van der Waals surface area contributed by atoms with Crippen LogP contribution in [0.5, 0.6) is 11.5 Å². The van der Waals surface area contributed by atoms with Crippen LogP contribution in [0.2, 0.25) is 0 Å². The largest absolute Gasteiger partial charge is 0.493 e. The van der Waals surface area contributed by atoms with Crippen LogP contribution in [0.15, 0.2) is 24.3 Å². The van der Waals surface area contributed by atoms with E-state index in [1.807, 2.05) is 13.0 Å². The summed E-state index contributed by atoms with van der Waals surface area (Å²) in [6.45, 7) is 4.58. The maximum atomic E-state index is 13.2. The van der Waals surface area contributed by atoms with Crippen molar-refractivity contribution in [1.82, 2.24) is 25.3 Å². The number of aromatic nitrogens is 2. The maximum Gasteiger partial charge on any atom is 0.272 e. The molecule has 3 amide bonds. The van der Waals surface area contributed by atoms with Crippen molar-refractivity contribution < 1.29 is 23.9 Å². The molecule has 1 aromatic carbocycles. The predicted molar refractivity (Wildman–Crippen MR) is 133 cm³/mol. The topological polar surface area (TPSA) is 115 Å². The van der Waals surface area contributed by atoms with Crippen molar-refractivity contribution in [3.8, 4) is 11.5 Å². The second kappa shape index (κ2) is 10.6. The van der Waals surface area contributed by atoms with Crippen LogP contribution in [-0.2, 0) is 17.9 Å². The molecule has 0 bridgehead atoms. The van der Waals surface area contributed by atoms with Crippen molar-refractivity contribution in [2.75, 3.05) is 20.8 Å². The fourth-order valence-electron chi connectivity index (χ4n) is 4.80. The molecule has 2 heterocycles. The lowest BCUT2D eigenvalue weighted by Gasteiger charge is -2.41. The van der Waals surface area contributed by atoms with Crippen LogP contribution in [-0.4, -0.2) is 64.7 Å². The standard InChI is InChI=1S/C26H35N5O5/c1-5-36-21-12-11-17(13-22(21)35-4)15-27-23(32)19-14-20-24(33)30(3)26(2,16-31(20)29-19)25(34)28-18-9-7-6-8-10-18/h11-14,18H,5-10,15-16H2,1-4H3,(H,27,32)(H,28,34)/t26-/m0/s1. The van der Waals surface area contributed by atoms with Gasteiger partial charge in [0.1, 0.15) is 11.2 Å². The molecule has 36 heavy (non-hydrogen) atoms. The quantitative estimate of drug-likeness (QED) is 0.579. The molecular formula is C26H35N5O5. The van der Waals surface area contributed by atoms with Gasteiger partial charge >= 0.3 is 0 Å². The van der Waals surface area contributed by atoms with Crippen LogP contribution in [0.25, 0.3) is 0 Å². The zero-order chi connectivity index (χ0) is 25.9. The Morgan fingerprint density at radius 2 is 1.92 bits per heavy atom. The molecule has 0 spiro atoms. The van der Waals surface area contributed by atoms with Gasteiger partial charge in [0.2, 0.25) is 5.91 Å². The highest BCUT2D eigenvalue weighted by Gasteiger charge is 2.46. The first-order chi connectivity index (χ1) is 17.3. The second-order valence-electron chi connectivity index (χ2n) is 9.62. The number of likely N-dealkylation sites (N-methyl/N-ethyl adjacent to an activating group) is 1. The number of ether oxygens (including phenoxy) is 2. The molecule has 1 aliphatic carbocycles. The Hall–Kier alpha value is -3.56. The van der Waals surface area contributed by atoms with E-state index in [1.54, 1.807) is 33.2 Å². The fourth-order valence-corrected chi connectivity index (χ4v) is 4.80. The Balaban J connectivity index is 1.45. The van der Waals surface area contributed by atoms with Gasteiger partial charge in [0, 0.05) is 25.7 Å². The van der Waals surface area contributed by atoms with Crippen molar-refractivity contribution in [2.24, 2.45) is 0 Å². The van der Waals surface area contributed by atoms with Crippen LogP contribution in [0.1, 0.15) is 72.5 Å². The Bertz CT molecular complexity index is 1140. The Morgan fingerprint density at radius 1 is 1.17 bits per heavy atom. The highest BCUT2D eigenvalue weighted by Crippen LogP contribution is 2.29. The second-order valence-corrected chi connectivity index (χ2v) is 9.62. The summed E-state index contributed by atoms with van der Waals surface area (Å²) in [6, 6.07) is 7.06. The summed E-state index contributed by atoms with van der Waals surface area (Å²) in [5.41, 5.74) is 0.144. The van der Waals surface area contributed by atoms with Gasteiger partial charge in [-0.1, -0.05) is 25.3 Å². The van der Waals surface area contributed by atoms with Crippen LogP contribution in [0.4, 0.5) is 0 Å². The van der Waals surface area contributed by atoms with E-state index in [9.17, 15) is 14.4 Å². The normalized spacial score (nSPS) is 20.0. The molecule has 0 saturated heterocycles. The molecule has 1 saturated carbocycles.